The first-order valence-corrected chi connectivity index (χ1v) is 8.72. The van der Waals surface area contributed by atoms with Gasteiger partial charge in [-0.2, -0.15) is 0 Å². The molecular weight excluding hydrogens is 312 g/mol. The van der Waals surface area contributed by atoms with E-state index in [9.17, 15) is 12.6 Å². The lowest BCUT2D eigenvalue weighted by Crippen LogP contribution is -2.14. The van der Waals surface area contributed by atoms with Gasteiger partial charge in [-0.3, -0.25) is 4.21 Å². The average molecular weight is 325 g/mol. The topological polar surface area (TPSA) is 51.2 Å². The maximum Gasteiger partial charge on any atom is 0.179 e. The summed E-state index contributed by atoms with van der Waals surface area (Å²) in [5.41, 5.74) is 0. The van der Waals surface area contributed by atoms with Gasteiger partial charge >= 0.3 is 0 Å². The zero-order valence-corrected chi connectivity index (χ0v) is 12.1. The van der Waals surface area contributed by atoms with Gasteiger partial charge in [-0.05, 0) is 24.3 Å². The number of hydrogen-bond acceptors (Lipinski definition) is 3. The van der Waals surface area contributed by atoms with Crippen molar-refractivity contribution in [2.45, 2.75) is 11.8 Å². The molecule has 16 heavy (non-hydrogen) atoms. The maximum atomic E-state index is 11.8. The zero-order chi connectivity index (χ0) is 12.2. The van der Waals surface area contributed by atoms with Crippen molar-refractivity contribution in [3.63, 3.8) is 0 Å². The lowest BCUT2D eigenvalue weighted by Gasteiger charge is -2.03. The molecule has 0 bridgehead atoms. The first-order chi connectivity index (χ1) is 7.45. The number of rotatable bonds is 5. The molecule has 1 atom stereocenters. The second-order valence-electron chi connectivity index (χ2n) is 3.21. The Morgan fingerprint density at radius 3 is 2.31 bits per heavy atom. The van der Waals surface area contributed by atoms with Crippen molar-refractivity contribution >= 4 is 36.6 Å². The number of halogens is 1. The van der Waals surface area contributed by atoms with Crippen molar-refractivity contribution in [2.75, 3.05) is 17.3 Å². The molecule has 0 aliphatic heterocycles. The molecule has 0 unspecified atom stereocenters. The van der Waals surface area contributed by atoms with Crippen molar-refractivity contribution in [3.05, 3.63) is 28.7 Å². The smallest absolute Gasteiger partial charge is 0.179 e. The van der Waals surface area contributed by atoms with E-state index in [1.54, 1.807) is 31.2 Å². The van der Waals surface area contributed by atoms with Crippen LogP contribution in [0.3, 0.4) is 0 Å². The second-order valence-corrected chi connectivity index (χ2v) is 8.10. The Hall–Kier alpha value is -0.200. The molecule has 0 aliphatic rings. The maximum absolute atomic E-state index is 11.8. The van der Waals surface area contributed by atoms with E-state index in [2.05, 4.69) is 15.9 Å². The quantitative estimate of drug-likeness (QED) is 0.832. The van der Waals surface area contributed by atoms with Gasteiger partial charge in [0.2, 0.25) is 0 Å². The van der Waals surface area contributed by atoms with Crippen LogP contribution in [0.4, 0.5) is 0 Å². The Balaban J connectivity index is 2.78. The lowest BCUT2D eigenvalue weighted by atomic mass is 10.4. The summed E-state index contributed by atoms with van der Waals surface area (Å²) in [6.45, 7) is 1.78. The van der Waals surface area contributed by atoms with Crippen molar-refractivity contribution in [3.8, 4) is 0 Å². The van der Waals surface area contributed by atoms with E-state index >= 15 is 0 Å². The summed E-state index contributed by atoms with van der Waals surface area (Å²) in [5.74, 6) is 0.639. The Morgan fingerprint density at radius 1 is 1.25 bits per heavy atom. The van der Waals surface area contributed by atoms with Crippen LogP contribution in [0.15, 0.2) is 33.6 Å². The summed E-state index contributed by atoms with van der Waals surface area (Å²) >= 11 is 3.24. The van der Waals surface area contributed by atoms with Gasteiger partial charge in [-0.1, -0.05) is 22.9 Å². The van der Waals surface area contributed by atoms with Crippen LogP contribution in [-0.2, 0) is 20.6 Å². The molecule has 1 aromatic carbocycles. The Bertz CT molecular complexity index is 465. The van der Waals surface area contributed by atoms with Crippen LogP contribution in [0.1, 0.15) is 6.92 Å². The lowest BCUT2D eigenvalue weighted by molar-refractivity contribution is 0.597. The summed E-state index contributed by atoms with van der Waals surface area (Å²) in [4.78, 5) is 0.281. The number of sulfone groups is 1. The third-order valence-corrected chi connectivity index (χ3v) is 5.90. The van der Waals surface area contributed by atoms with E-state index in [0.29, 0.717) is 5.75 Å². The standard InChI is InChI=1S/C10H13BrO3S2/c1-2-15(12)7-8-16(13,14)10-5-3-9(11)4-6-10/h3-6H,2,7-8H2,1H3/t15-/m1/s1. The largest absolute Gasteiger partial charge is 0.260 e. The van der Waals surface area contributed by atoms with Crippen molar-refractivity contribution < 1.29 is 12.6 Å². The molecule has 0 spiro atoms. The molecule has 0 aliphatic carbocycles. The second kappa shape index (κ2) is 5.93. The van der Waals surface area contributed by atoms with Crippen LogP contribution in [0.2, 0.25) is 0 Å². The first-order valence-electron chi connectivity index (χ1n) is 4.79. The number of hydrogen-bond donors (Lipinski definition) is 0. The molecule has 0 aromatic heterocycles. The molecule has 0 saturated heterocycles. The van der Waals surface area contributed by atoms with E-state index in [-0.39, 0.29) is 16.4 Å². The molecule has 0 amide bonds. The van der Waals surface area contributed by atoms with Gasteiger partial charge in [0.15, 0.2) is 9.84 Å². The highest BCUT2D eigenvalue weighted by molar-refractivity contribution is 9.10. The molecule has 0 N–H and O–H groups in total. The van der Waals surface area contributed by atoms with Crippen molar-refractivity contribution in [1.29, 1.82) is 0 Å². The first kappa shape index (κ1) is 13.9. The van der Waals surface area contributed by atoms with E-state index in [1.807, 2.05) is 0 Å². The SMILES string of the molecule is CC[S@@](=O)CCS(=O)(=O)c1ccc(Br)cc1. The van der Waals surface area contributed by atoms with Crippen molar-refractivity contribution in [2.24, 2.45) is 0 Å². The van der Waals surface area contributed by atoms with E-state index in [1.165, 1.54) is 0 Å². The monoisotopic (exact) mass is 324 g/mol. The fraction of sp³-hybridized carbons (Fsp3) is 0.400. The molecule has 0 saturated carbocycles. The van der Waals surface area contributed by atoms with Crippen LogP contribution in [-0.4, -0.2) is 29.9 Å². The highest BCUT2D eigenvalue weighted by Gasteiger charge is 2.15. The highest BCUT2D eigenvalue weighted by atomic mass is 79.9. The Labute approximate surface area is 107 Å². The summed E-state index contributed by atoms with van der Waals surface area (Å²) < 4.78 is 35.6. The summed E-state index contributed by atoms with van der Waals surface area (Å²) in [5, 5.41) is 0. The van der Waals surface area contributed by atoms with Gasteiger partial charge < -0.3 is 0 Å². The molecule has 6 heteroatoms. The minimum atomic E-state index is -3.30. The van der Waals surface area contributed by atoms with Gasteiger partial charge in [0, 0.05) is 26.8 Å². The third-order valence-electron chi connectivity index (χ3n) is 2.07. The molecule has 0 radical (unpaired) electrons. The fourth-order valence-corrected chi connectivity index (χ4v) is 4.07. The molecular formula is C10H13BrO3S2. The third kappa shape index (κ3) is 3.99. The molecule has 0 fully saturated rings. The van der Waals surface area contributed by atoms with Gasteiger partial charge in [0.1, 0.15) is 0 Å². The minimum Gasteiger partial charge on any atom is -0.260 e. The molecule has 0 heterocycles. The summed E-state index contributed by atoms with van der Waals surface area (Å²) in [6, 6.07) is 6.47. The van der Waals surface area contributed by atoms with E-state index in [0.717, 1.165) is 4.47 Å². The molecule has 1 aromatic rings. The molecule has 3 nitrogen and oxygen atoms in total. The molecule has 1 rings (SSSR count). The minimum absolute atomic E-state index is 0.0604. The Kier molecular flexibility index (Phi) is 5.14. The fourth-order valence-electron chi connectivity index (χ4n) is 1.11. The average Bonchev–Trinajstić information content (AvgIpc) is 2.26. The van der Waals surface area contributed by atoms with Gasteiger partial charge in [-0.15, -0.1) is 0 Å². The van der Waals surface area contributed by atoms with Crippen LogP contribution in [0.5, 0.6) is 0 Å². The normalized spacial score (nSPS) is 13.6. The number of benzene rings is 1. The van der Waals surface area contributed by atoms with Crippen LogP contribution in [0, 0.1) is 0 Å². The molecule has 90 valence electrons. The van der Waals surface area contributed by atoms with E-state index in [4.69, 9.17) is 0 Å². The van der Waals surface area contributed by atoms with Crippen LogP contribution >= 0.6 is 15.9 Å². The zero-order valence-electron chi connectivity index (χ0n) is 8.85. The summed E-state index contributed by atoms with van der Waals surface area (Å²) in [7, 11) is -4.34. The predicted octanol–water partition coefficient (Wildman–Crippen LogP) is 1.99. The Morgan fingerprint density at radius 2 is 1.81 bits per heavy atom. The predicted molar refractivity (Wildman–Crippen MR) is 69.7 cm³/mol. The van der Waals surface area contributed by atoms with Gasteiger partial charge in [0.05, 0.1) is 10.6 Å². The van der Waals surface area contributed by atoms with Crippen LogP contribution < -0.4 is 0 Å². The van der Waals surface area contributed by atoms with Crippen molar-refractivity contribution in [1.82, 2.24) is 0 Å². The van der Waals surface area contributed by atoms with Gasteiger partial charge in [0.25, 0.3) is 0 Å². The summed E-state index contributed by atoms with van der Waals surface area (Å²) in [6.07, 6.45) is 0. The van der Waals surface area contributed by atoms with Crippen LogP contribution in [0.25, 0.3) is 0 Å². The van der Waals surface area contributed by atoms with E-state index < -0.39 is 20.6 Å². The van der Waals surface area contributed by atoms with Gasteiger partial charge in [-0.25, -0.2) is 8.42 Å². The highest BCUT2D eigenvalue weighted by Crippen LogP contribution is 2.15.